The molecule has 2 aliphatic heterocycles. The van der Waals surface area contributed by atoms with Gasteiger partial charge in [0.25, 0.3) is 5.91 Å². The van der Waals surface area contributed by atoms with Gasteiger partial charge in [-0.2, -0.15) is 0 Å². The summed E-state index contributed by atoms with van der Waals surface area (Å²) in [6, 6.07) is 7.44. The smallest absolute Gasteiger partial charge is 0.255 e. The lowest BCUT2D eigenvalue weighted by Crippen LogP contribution is -2.34. The molecule has 2 N–H and O–H groups in total. The highest BCUT2D eigenvalue weighted by atomic mass is 35.5. The van der Waals surface area contributed by atoms with Crippen LogP contribution in [0.3, 0.4) is 0 Å². The largest absolute Gasteiger partial charge is 0.340 e. The molecular weight excluding hydrogens is 362 g/mol. The number of benzene rings is 1. The molecule has 1 aromatic heterocycles. The average molecular weight is 386 g/mol. The maximum absolute atomic E-state index is 13.1. The fourth-order valence-corrected chi connectivity index (χ4v) is 4.58. The van der Waals surface area contributed by atoms with Crippen molar-refractivity contribution in [3.63, 3.8) is 0 Å². The average Bonchev–Trinajstić information content (AvgIpc) is 3.19. The number of nitrogens with two attached hydrogens (primary N) is 1. The second-order valence-electron chi connectivity index (χ2n) is 7.56. The minimum absolute atomic E-state index is 0.00958. The number of anilines is 1. The zero-order chi connectivity index (χ0) is 19.1. The van der Waals surface area contributed by atoms with Gasteiger partial charge >= 0.3 is 0 Å². The molecule has 0 aliphatic carbocycles. The summed E-state index contributed by atoms with van der Waals surface area (Å²) in [4.78, 5) is 26.4. The van der Waals surface area contributed by atoms with Crippen LogP contribution in [0.25, 0.3) is 0 Å². The van der Waals surface area contributed by atoms with Gasteiger partial charge in [0.2, 0.25) is 5.95 Å². The van der Waals surface area contributed by atoms with E-state index < -0.39 is 0 Å². The van der Waals surface area contributed by atoms with Crippen molar-refractivity contribution in [2.45, 2.75) is 20.4 Å². The van der Waals surface area contributed by atoms with Crippen LogP contribution < -0.4 is 10.6 Å². The predicted molar refractivity (Wildman–Crippen MR) is 106 cm³/mol. The Bertz CT molecular complexity index is 852. The standard InChI is InChI=1S/C20H24ClN5O/c1-12-6-13(2)24-20(23-12)26-10-15-8-25(9-16(15)11-26)19(27)18-14(7-22)4-3-5-17(18)21/h3-6,15-16H,7-11,22H2,1-2H3. The summed E-state index contributed by atoms with van der Waals surface area (Å²) in [5, 5.41) is 0.477. The molecule has 3 heterocycles. The number of nitrogens with zero attached hydrogens (tertiary/aromatic N) is 4. The van der Waals surface area contributed by atoms with E-state index in [2.05, 4.69) is 14.9 Å². The zero-order valence-corrected chi connectivity index (χ0v) is 16.4. The molecule has 142 valence electrons. The molecule has 6 nitrogen and oxygen atoms in total. The van der Waals surface area contributed by atoms with E-state index in [4.69, 9.17) is 17.3 Å². The monoisotopic (exact) mass is 385 g/mol. The Kier molecular flexibility index (Phi) is 4.78. The minimum atomic E-state index is -0.00958. The van der Waals surface area contributed by atoms with Gasteiger partial charge in [-0.25, -0.2) is 9.97 Å². The SMILES string of the molecule is Cc1cc(C)nc(N2CC3CN(C(=O)c4c(Cl)cccc4CN)CC3C2)n1. The van der Waals surface area contributed by atoms with Crippen molar-refractivity contribution in [2.75, 3.05) is 31.1 Å². The summed E-state index contributed by atoms with van der Waals surface area (Å²) in [7, 11) is 0. The summed E-state index contributed by atoms with van der Waals surface area (Å²) >= 11 is 6.31. The Balaban J connectivity index is 1.48. The molecule has 1 amide bonds. The van der Waals surface area contributed by atoms with Crippen LogP contribution in [0, 0.1) is 25.7 Å². The fourth-order valence-electron chi connectivity index (χ4n) is 4.31. The second-order valence-corrected chi connectivity index (χ2v) is 7.97. The van der Waals surface area contributed by atoms with E-state index in [9.17, 15) is 4.79 Å². The van der Waals surface area contributed by atoms with Crippen LogP contribution in [0.2, 0.25) is 5.02 Å². The van der Waals surface area contributed by atoms with Crippen molar-refractivity contribution in [3.8, 4) is 0 Å². The van der Waals surface area contributed by atoms with Crippen LogP contribution in [0.5, 0.6) is 0 Å². The van der Waals surface area contributed by atoms with Crippen molar-refractivity contribution in [3.05, 3.63) is 51.8 Å². The number of aromatic nitrogens is 2. The summed E-state index contributed by atoms with van der Waals surface area (Å²) < 4.78 is 0. The molecule has 0 spiro atoms. The topological polar surface area (TPSA) is 75.4 Å². The van der Waals surface area contributed by atoms with Crippen LogP contribution in [-0.2, 0) is 6.54 Å². The third-order valence-electron chi connectivity index (χ3n) is 5.56. The number of fused-ring (bicyclic) bond motifs is 1. The molecule has 2 aromatic rings. The Labute approximate surface area is 164 Å². The molecule has 0 radical (unpaired) electrons. The minimum Gasteiger partial charge on any atom is -0.340 e. The van der Waals surface area contributed by atoms with Crippen molar-refractivity contribution in [1.29, 1.82) is 0 Å². The third-order valence-corrected chi connectivity index (χ3v) is 5.88. The summed E-state index contributed by atoms with van der Waals surface area (Å²) in [5.74, 6) is 1.66. The molecule has 1 aromatic carbocycles. The van der Waals surface area contributed by atoms with E-state index >= 15 is 0 Å². The van der Waals surface area contributed by atoms with Gasteiger partial charge in [-0.05, 0) is 31.5 Å². The lowest BCUT2D eigenvalue weighted by molar-refractivity contribution is 0.0781. The molecule has 27 heavy (non-hydrogen) atoms. The second kappa shape index (κ2) is 7.09. The van der Waals surface area contributed by atoms with Crippen molar-refractivity contribution in [2.24, 2.45) is 17.6 Å². The van der Waals surface area contributed by atoms with Gasteiger partial charge in [0.1, 0.15) is 0 Å². The molecular formula is C20H24ClN5O. The first-order valence-electron chi connectivity index (χ1n) is 9.30. The number of carbonyl (C=O) groups excluding carboxylic acids is 1. The number of carbonyl (C=O) groups is 1. The number of aryl methyl sites for hydroxylation is 2. The van der Waals surface area contributed by atoms with E-state index in [0.717, 1.165) is 49.1 Å². The van der Waals surface area contributed by atoms with Gasteiger partial charge in [0.05, 0.1) is 10.6 Å². The highest BCUT2D eigenvalue weighted by molar-refractivity contribution is 6.34. The summed E-state index contributed by atoms with van der Waals surface area (Å²) in [6.07, 6.45) is 0. The molecule has 2 fully saturated rings. The van der Waals surface area contributed by atoms with Gasteiger partial charge in [-0.3, -0.25) is 4.79 Å². The van der Waals surface area contributed by atoms with E-state index in [1.807, 2.05) is 36.9 Å². The molecule has 2 unspecified atom stereocenters. The molecule has 2 saturated heterocycles. The first kappa shape index (κ1) is 18.2. The summed E-state index contributed by atoms with van der Waals surface area (Å²) in [6.45, 7) is 7.52. The lowest BCUT2D eigenvalue weighted by atomic mass is 10.0. The van der Waals surface area contributed by atoms with Crippen LogP contribution in [0.15, 0.2) is 24.3 Å². The maximum Gasteiger partial charge on any atom is 0.255 e. The number of halogens is 1. The van der Waals surface area contributed by atoms with Crippen molar-refractivity contribution in [1.82, 2.24) is 14.9 Å². The first-order chi connectivity index (χ1) is 13.0. The Morgan fingerprint density at radius 3 is 2.37 bits per heavy atom. The molecule has 0 bridgehead atoms. The highest BCUT2D eigenvalue weighted by Crippen LogP contribution is 2.34. The van der Waals surface area contributed by atoms with Crippen molar-refractivity contribution < 1.29 is 4.79 Å². The highest BCUT2D eigenvalue weighted by Gasteiger charge is 2.43. The Hall–Kier alpha value is -2.18. The van der Waals surface area contributed by atoms with E-state index in [-0.39, 0.29) is 5.91 Å². The van der Waals surface area contributed by atoms with Gasteiger partial charge in [0.15, 0.2) is 0 Å². The molecule has 7 heteroatoms. The summed E-state index contributed by atoms with van der Waals surface area (Å²) in [5.41, 5.74) is 9.13. The van der Waals surface area contributed by atoms with Gasteiger partial charge in [-0.15, -0.1) is 0 Å². The van der Waals surface area contributed by atoms with Crippen molar-refractivity contribution >= 4 is 23.5 Å². The van der Waals surface area contributed by atoms with Gasteiger partial charge in [-0.1, -0.05) is 23.7 Å². The van der Waals surface area contributed by atoms with Crippen LogP contribution in [-0.4, -0.2) is 47.0 Å². The van der Waals surface area contributed by atoms with Crippen LogP contribution in [0.1, 0.15) is 27.3 Å². The molecule has 2 atom stereocenters. The zero-order valence-electron chi connectivity index (χ0n) is 15.7. The number of rotatable bonds is 3. The quantitative estimate of drug-likeness (QED) is 0.878. The van der Waals surface area contributed by atoms with Crippen LogP contribution >= 0.6 is 11.6 Å². The third kappa shape index (κ3) is 3.39. The molecule has 0 saturated carbocycles. The number of hydrogen-bond donors (Lipinski definition) is 1. The Morgan fingerprint density at radius 1 is 1.15 bits per heavy atom. The molecule has 4 rings (SSSR count). The van der Waals surface area contributed by atoms with E-state index in [1.54, 1.807) is 6.07 Å². The first-order valence-corrected chi connectivity index (χ1v) is 9.68. The van der Waals surface area contributed by atoms with Gasteiger partial charge < -0.3 is 15.5 Å². The number of likely N-dealkylation sites (tertiary alicyclic amines) is 1. The number of amides is 1. The van der Waals surface area contributed by atoms with Gasteiger partial charge in [0, 0.05) is 55.9 Å². The normalized spacial score (nSPS) is 21.6. The number of hydrogen-bond acceptors (Lipinski definition) is 5. The van der Waals surface area contributed by atoms with E-state index in [0.29, 0.717) is 29.0 Å². The predicted octanol–water partition coefficient (Wildman–Crippen LogP) is 2.41. The Morgan fingerprint density at radius 2 is 1.78 bits per heavy atom. The maximum atomic E-state index is 13.1. The lowest BCUT2D eigenvalue weighted by Gasteiger charge is -2.23. The molecule has 2 aliphatic rings. The van der Waals surface area contributed by atoms with Crippen LogP contribution in [0.4, 0.5) is 5.95 Å². The fraction of sp³-hybridized carbons (Fsp3) is 0.450. The van der Waals surface area contributed by atoms with E-state index in [1.165, 1.54) is 0 Å².